The third-order valence-corrected chi connectivity index (χ3v) is 4.19. The molecule has 0 fully saturated rings. The Hall–Kier alpha value is -2.92. The van der Waals surface area contributed by atoms with Crippen LogP contribution in [0.1, 0.15) is 20.8 Å². The van der Waals surface area contributed by atoms with Crippen molar-refractivity contribution in [1.29, 1.82) is 0 Å². The van der Waals surface area contributed by atoms with E-state index in [4.69, 9.17) is 4.74 Å². The average Bonchev–Trinajstić information content (AvgIpc) is 3.01. The molecule has 2 aromatic carbocycles. The number of ether oxygens (including phenoxy) is 1. The highest BCUT2D eigenvalue weighted by molar-refractivity contribution is 6.00. The van der Waals surface area contributed by atoms with Crippen molar-refractivity contribution in [2.45, 2.75) is 6.54 Å². The van der Waals surface area contributed by atoms with Gasteiger partial charge in [-0.05, 0) is 26.2 Å². The lowest BCUT2D eigenvalue weighted by Crippen LogP contribution is -2.22. The zero-order valence-electron chi connectivity index (χ0n) is 15.0. The van der Waals surface area contributed by atoms with E-state index >= 15 is 0 Å². The lowest BCUT2D eigenvalue weighted by Gasteiger charge is -2.12. The largest absolute Gasteiger partial charge is 0.460 e. The number of nitrogens with zero attached hydrogens (tertiary/aromatic N) is 2. The molecule has 5 nitrogen and oxygen atoms in total. The van der Waals surface area contributed by atoms with E-state index in [2.05, 4.69) is 0 Å². The summed E-state index contributed by atoms with van der Waals surface area (Å²) in [5.74, 6) is -0.460. The Morgan fingerprint density at radius 3 is 2.42 bits per heavy atom. The Kier molecular flexibility index (Phi) is 5.49. The lowest BCUT2D eigenvalue weighted by atomic mass is 10.1. The molecular formula is C21H22N2O3. The summed E-state index contributed by atoms with van der Waals surface area (Å²) in [7, 11) is 3.84. The summed E-state index contributed by atoms with van der Waals surface area (Å²) >= 11 is 0. The van der Waals surface area contributed by atoms with Gasteiger partial charge in [-0.25, -0.2) is 4.79 Å². The van der Waals surface area contributed by atoms with Gasteiger partial charge in [0.2, 0.25) is 0 Å². The summed E-state index contributed by atoms with van der Waals surface area (Å²) in [6, 6.07) is 18.5. The number of hydrogen-bond donors (Lipinski definition) is 0. The fraction of sp³-hybridized carbons (Fsp3) is 0.238. The standard InChI is InChI=1S/C21H22N2O3/c1-22(2)12-13-26-21(25)19-14-17-10-6-7-11-18(17)23(19)15-20(24)16-8-4-3-5-9-16/h3-11,14H,12-13,15H2,1-2H3. The van der Waals surface area contributed by atoms with Gasteiger partial charge in [-0.1, -0.05) is 48.5 Å². The summed E-state index contributed by atoms with van der Waals surface area (Å²) in [4.78, 5) is 27.2. The monoisotopic (exact) mass is 350 g/mol. The Morgan fingerprint density at radius 2 is 1.69 bits per heavy atom. The number of rotatable bonds is 7. The maximum absolute atomic E-state index is 12.7. The number of likely N-dealkylation sites (N-methyl/N-ethyl adjacent to an activating group) is 1. The zero-order valence-corrected chi connectivity index (χ0v) is 15.0. The SMILES string of the molecule is CN(C)CCOC(=O)c1cc2ccccc2n1CC(=O)c1ccccc1. The summed E-state index contributed by atoms with van der Waals surface area (Å²) in [6.45, 7) is 1.05. The van der Waals surface area contributed by atoms with Crippen LogP contribution in [-0.4, -0.2) is 48.5 Å². The normalized spacial score (nSPS) is 11.0. The van der Waals surface area contributed by atoms with Gasteiger partial charge in [0, 0.05) is 23.0 Å². The van der Waals surface area contributed by atoms with E-state index in [1.54, 1.807) is 22.8 Å². The number of carbonyl (C=O) groups excluding carboxylic acids is 2. The van der Waals surface area contributed by atoms with E-state index in [1.807, 2.05) is 61.5 Å². The smallest absolute Gasteiger partial charge is 0.355 e. The van der Waals surface area contributed by atoms with Crippen molar-refractivity contribution >= 4 is 22.7 Å². The fourth-order valence-electron chi connectivity index (χ4n) is 2.80. The molecule has 0 aliphatic heterocycles. The number of hydrogen-bond acceptors (Lipinski definition) is 4. The second kappa shape index (κ2) is 7.97. The van der Waals surface area contributed by atoms with Gasteiger partial charge in [-0.2, -0.15) is 0 Å². The quantitative estimate of drug-likeness (QED) is 0.485. The van der Waals surface area contributed by atoms with E-state index in [1.165, 1.54) is 0 Å². The summed E-state index contributed by atoms with van der Waals surface area (Å²) in [5, 5.41) is 0.910. The first-order chi connectivity index (χ1) is 12.6. The molecule has 0 N–H and O–H groups in total. The maximum Gasteiger partial charge on any atom is 0.355 e. The molecular weight excluding hydrogens is 328 g/mol. The van der Waals surface area contributed by atoms with Gasteiger partial charge >= 0.3 is 5.97 Å². The first-order valence-electron chi connectivity index (χ1n) is 8.54. The van der Waals surface area contributed by atoms with Crippen LogP contribution in [0.25, 0.3) is 10.9 Å². The minimum Gasteiger partial charge on any atom is -0.460 e. The molecule has 3 aromatic rings. The van der Waals surface area contributed by atoms with Crippen LogP contribution in [0.4, 0.5) is 0 Å². The van der Waals surface area contributed by atoms with Crippen molar-refractivity contribution in [1.82, 2.24) is 9.47 Å². The van der Waals surface area contributed by atoms with Crippen LogP contribution in [0.5, 0.6) is 0 Å². The van der Waals surface area contributed by atoms with Gasteiger partial charge in [-0.15, -0.1) is 0 Å². The molecule has 26 heavy (non-hydrogen) atoms. The maximum atomic E-state index is 12.7. The molecule has 0 saturated carbocycles. The molecule has 134 valence electrons. The molecule has 5 heteroatoms. The Morgan fingerprint density at radius 1 is 1.00 bits per heavy atom. The van der Waals surface area contributed by atoms with E-state index in [0.717, 1.165) is 10.9 Å². The first kappa shape index (κ1) is 17.9. The lowest BCUT2D eigenvalue weighted by molar-refractivity contribution is 0.0470. The average molecular weight is 350 g/mol. The summed E-state index contributed by atoms with van der Waals surface area (Å²) in [6.07, 6.45) is 0. The third kappa shape index (κ3) is 4.00. The number of Topliss-reactive ketones (excluding diaryl/α,β-unsaturated/α-hetero) is 1. The highest BCUT2D eigenvalue weighted by Gasteiger charge is 2.19. The number of ketones is 1. The molecule has 0 radical (unpaired) electrons. The van der Waals surface area contributed by atoms with E-state index in [9.17, 15) is 9.59 Å². The molecule has 0 amide bonds. The zero-order chi connectivity index (χ0) is 18.5. The molecule has 0 bridgehead atoms. The van der Waals surface area contributed by atoms with E-state index < -0.39 is 5.97 Å². The van der Waals surface area contributed by atoms with Gasteiger partial charge < -0.3 is 14.2 Å². The van der Waals surface area contributed by atoms with Crippen molar-refractivity contribution < 1.29 is 14.3 Å². The number of esters is 1. The molecule has 1 heterocycles. The number of carbonyl (C=O) groups is 2. The van der Waals surface area contributed by atoms with Crippen LogP contribution in [0.2, 0.25) is 0 Å². The predicted octanol–water partition coefficient (Wildman–Crippen LogP) is 3.24. The third-order valence-electron chi connectivity index (χ3n) is 4.19. The van der Waals surface area contributed by atoms with Crippen LogP contribution < -0.4 is 0 Å². The minimum absolute atomic E-state index is 0.0469. The highest BCUT2D eigenvalue weighted by Crippen LogP contribution is 2.21. The fourth-order valence-corrected chi connectivity index (χ4v) is 2.80. The number of aromatic nitrogens is 1. The van der Waals surface area contributed by atoms with Crippen LogP contribution in [0, 0.1) is 0 Å². The van der Waals surface area contributed by atoms with Gasteiger partial charge in [0.25, 0.3) is 0 Å². The van der Waals surface area contributed by atoms with Crippen molar-refractivity contribution in [2.24, 2.45) is 0 Å². The molecule has 0 saturated heterocycles. The second-order valence-corrected chi connectivity index (χ2v) is 6.40. The molecule has 0 unspecified atom stereocenters. The second-order valence-electron chi connectivity index (χ2n) is 6.40. The van der Waals surface area contributed by atoms with Crippen LogP contribution in [0.15, 0.2) is 60.7 Å². The molecule has 0 aliphatic rings. The van der Waals surface area contributed by atoms with Crippen molar-refractivity contribution in [2.75, 3.05) is 27.2 Å². The van der Waals surface area contributed by atoms with Gasteiger partial charge in [0.1, 0.15) is 12.3 Å². The summed E-state index contributed by atoms with van der Waals surface area (Å²) < 4.78 is 7.12. The van der Waals surface area contributed by atoms with Crippen LogP contribution in [0.3, 0.4) is 0 Å². The number of para-hydroxylation sites is 1. The predicted molar refractivity (Wildman–Crippen MR) is 102 cm³/mol. The minimum atomic E-state index is -0.413. The highest BCUT2D eigenvalue weighted by atomic mass is 16.5. The number of fused-ring (bicyclic) bond motifs is 1. The van der Waals surface area contributed by atoms with Crippen molar-refractivity contribution in [3.63, 3.8) is 0 Å². The van der Waals surface area contributed by atoms with Gasteiger partial charge in [0.05, 0.1) is 6.54 Å². The number of benzene rings is 2. The first-order valence-corrected chi connectivity index (χ1v) is 8.54. The van der Waals surface area contributed by atoms with E-state index in [0.29, 0.717) is 24.4 Å². The van der Waals surface area contributed by atoms with Gasteiger partial charge in [0.15, 0.2) is 5.78 Å². The molecule has 1 aromatic heterocycles. The van der Waals surface area contributed by atoms with Gasteiger partial charge in [-0.3, -0.25) is 4.79 Å². The molecule has 0 spiro atoms. The molecule has 0 atom stereocenters. The Labute approximate surface area is 152 Å². The van der Waals surface area contributed by atoms with Crippen LogP contribution >= 0.6 is 0 Å². The molecule has 3 rings (SSSR count). The van der Waals surface area contributed by atoms with Crippen LogP contribution in [-0.2, 0) is 11.3 Å². The topological polar surface area (TPSA) is 51.5 Å². The summed E-state index contributed by atoms with van der Waals surface area (Å²) in [5.41, 5.74) is 1.86. The van der Waals surface area contributed by atoms with Crippen molar-refractivity contribution in [3.05, 3.63) is 71.9 Å². The Balaban J connectivity index is 1.89. The Bertz CT molecular complexity index is 913. The van der Waals surface area contributed by atoms with E-state index in [-0.39, 0.29) is 12.3 Å². The molecule has 0 aliphatic carbocycles. The van der Waals surface area contributed by atoms with Crippen molar-refractivity contribution in [3.8, 4) is 0 Å².